The molecule has 0 saturated carbocycles. The first kappa shape index (κ1) is 13.7. The van der Waals surface area contributed by atoms with Crippen LogP contribution in [0.1, 0.15) is 5.56 Å². The highest BCUT2D eigenvalue weighted by Crippen LogP contribution is 2.23. The van der Waals surface area contributed by atoms with Crippen LogP contribution in [0.5, 0.6) is 0 Å². The van der Waals surface area contributed by atoms with E-state index in [1.807, 2.05) is 40.4 Å². The third-order valence-corrected chi connectivity index (χ3v) is 4.09. The van der Waals surface area contributed by atoms with E-state index in [4.69, 9.17) is 0 Å². The number of anilines is 1. The largest absolute Gasteiger partial charge is 0.298 e. The molecule has 0 fully saturated rings. The average molecular weight is 313 g/mol. The SMILES string of the molecule is O=C(/C=C/c1ccsc1)Nc1nc(-c2ccccn2)cs1. The van der Waals surface area contributed by atoms with Crippen molar-refractivity contribution in [3.05, 3.63) is 58.2 Å². The van der Waals surface area contributed by atoms with Gasteiger partial charge in [-0.05, 0) is 40.6 Å². The number of thiophene rings is 1. The van der Waals surface area contributed by atoms with E-state index in [0.717, 1.165) is 17.0 Å². The minimum absolute atomic E-state index is 0.192. The van der Waals surface area contributed by atoms with Gasteiger partial charge < -0.3 is 0 Å². The first-order valence-corrected chi connectivity index (χ1v) is 8.02. The van der Waals surface area contributed by atoms with Gasteiger partial charge in [-0.2, -0.15) is 11.3 Å². The molecule has 4 nitrogen and oxygen atoms in total. The van der Waals surface area contributed by atoms with Crippen LogP contribution >= 0.6 is 22.7 Å². The number of hydrogen-bond donors (Lipinski definition) is 1. The van der Waals surface area contributed by atoms with Gasteiger partial charge in [0.25, 0.3) is 0 Å². The second-order valence-corrected chi connectivity index (χ2v) is 5.77. The molecule has 0 aliphatic heterocycles. The van der Waals surface area contributed by atoms with E-state index in [9.17, 15) is 4.79 Å². The molecule has 0 radical (unpaired) electrons. The predicted octanol–water partition coefficient (Wildman–Crippen LogP) is 3.92. The number of amides is 1. The van der Waals surface area contributed by atoms with Gasteiger partial charge in [0.1, 0.15) is 5.69 Å². The Hall–Kier alpha value is -2.31. The zero-order chi connectivity index (χ0) is 14.5. The lowest BCUT2D eigenvalue weighted by Crippen LogP contribution is -2.07. The lowest BCUT2D eigenvalue weighted by Gasteiger charge is -1.96. The molecule has 0 aliphatic carbocycles. The maximum Gasteiger partial charge on any atom is 0.250 e. The summed E-state index contributed by atoms with van der Waals surface area (Å²) in [5.74, 6) is -0.192. The maximum atomic E-state index is 11.8. The van der Waals surface area contributed by atoms with Gasteiger partial charge in [0, 0.05) is 17.7 Å². The highest BCUT2D eigenvalue weighted by molar-refractivity contribution is 7.14. The number of pyridine rings is 1. The van der Waals surface area contributed by atoms with Gasteiger partial charge in [0.15, 0.2) is 5.13 Å². The van der Waals surface area contributed by atoms with E-state index in [2.05, 4.69) is 15.3 Å². The van der Waals surface area contributed by atoms with Gasteiger partial charge in [0.05, 0.1) is 5.69 Å². The Morgan fingerprint density at radius 1 is 1.19 bits per heavy atom. The molecule has 0 aliphatic rings. The summed E-state index contributed by atoms with van der Waals surface area (Å²) in [6, 6.07) is 7.60. The van der Waals surface area contributed by atoms with Crippen molar-refractivity contribution in [1.29, 1.82) is 0 Å². The minimum atomic E-state index is -0.192. The molecule has 0 bridgehead atoms. The number of thiazole rings is 1. The Labute approximate surface area is 129 Å². The first-order chi connectivity index (χ1) is 10.3. The third kappa shape index (κ3) is 3.62. The molecule has 6 heteroatoms. The molecule has 0 atom stereocenters. The third-order valence-electron chi connectivity index (χ3n) is 2.63. The second-order valence-electron chi connectivity index (χ2n) is 4.13. The van der Waals surface area contributed by atoms with Crippen LogP contribution in [0, 0.1) is 0 Å². The summed E-state index contributed by atoms with van der Waals surface area (Å²) in [7, 11) is 0. The molecule has 1 amide bonds. The van der Waals surface area contributed by atoms with E-state index in [-0.39, 0.29) is 5.91 Å². The quantitative estimate of drug-likeness (QED) is 0.743. The summed E-state index contributed by atoms with van der Waals surface area (Å²) in [4.78, 5) is 20.4. The van der Waals surface area contributed by atoms with Crippen molar-refractivity contribution in [2.45, 2.75) is 0 Å². The summed E-state index contributed by atoms with van der Waals surface area (Å²) >= 11 is 2.98. The van der Waals surface area contributed by atoms with Gasteiger partial charge in [-0.1, -0.05) is 6.07 Å². The van der Waals surface area contributed by atoms with Crippen molar-refractivity contribution in [3.8, 4) is 11.4 Å². The van der Waals surface area contributed by atoms with Gasteiger partial charge in [-0.25, -0.2) is 4.98 Å². The second kappa shape index (κ2) is 6.43. The zero-order valence-corrected chi connectivity index (χ0v) is 12.5. The number of carbonyl (C=O) groups excluding carboxylic acids is 1. The summed E-state index contributed by atoms with van der Waals surface area (Å²) in [6.45, 7) is 0. The molecule has 0 unspecified atom stereocenters. The summed E-state index contributed by atoms with van der Waals surface area (Å²) < 4.78 is 0. The molecule has 0 saturated heterocycles. The van der Waals surface area contributed by atoms with Gasteiger partial charge in [0.2, 0.25) is 5.91 Å². The van der Waals surface area contributed by atoms with Crippen LogP contribution in [0.3, 0.4) is 0 Å². The van der Waals surface area contributed by atoms with E-state index < -0.39 is 0 Å². The van der Waals surface area contributed by atoms with Crippen molar-refractivity contribution in [2.24, 2.45) is 0 Å². The number of rotatable bonds is 4. The highest BCUT2D eigenvalue weighted by Gasteiger charge is 2.06. The number of nitrogens with zero attached hydrogens (tertiary/aromatic N) is 2. The van der Waals surface area contributed by atoms with Crippen LogP contribution in [0.15, 0.2) is 52.7 Å². The van der Waals surface area contributed by atoms with E-state index in [0.29, 0.717) is 5.13 Å². The predicted molar refractivity (Wildman–Crippen MR) is 87.3 cm³/mol. The molecule has 3 aromatic rings. The van der Waals surface area contributed by atoms with Crippen molar-refractivity contribution >= 4 is 39.8 Å². The fourth-order valence-corrected chi connectivity index (χ4v) is 2.99. The van der Waals surface area contributed by atoms with Crippen molar-refractivity contribution in [3.63, 3.8) is 0 Å². The van der Waals surface area contributed by atoms with Gasteiger partial charge in [-0.15, -0.1) is 11.3 Å². The summed E-state index contributed by atoms with van der Waals surface area (Å²) in [6.07, 6.45) is 5.00. The Bertz CT molecular complexity index is 748. The maximum absolute atomic E-state index is 11.8. The van der Waals surface area contributed by atoms with Gasteiger partial charge in [-0.3, -0.25) is 15.1 Å². The number of hydrogen-bond acceptors (Lipinski definition) is 5. The molecule has 3 rings (SSSR count). The normalized spacial score (nSPS) is 10.9. The Balaban J connectivity index is 1.66. The number of nitrogens with one attached hydrogen (secondary N) is 1. The molecular formula is C15H11N3OS2. The summed E-state index contributed by atoms with van der Waals surface area (Å²) in [5.41, 5.74) is 2.57. The van der Waals surface area contributed by atoms with Crippen LogP contribution in [0.4, 0.5) is 5.13 Å². The molecule has 3 aromatic heterocycles. The molecule has 21 heavy (non-hydrogen) atoms. The topological polar surface area (TPSA) is 54.9 Å². The number of aromatic nitrogens is 2. The lowest BCUT2D eigenvalue weighted by molar-refractivity contribution is -0.111. The van der Waals surface area contributed by atoms with Crippen LogP contribution in [-0.4, -0.2) is 15.9 Å². The van der Waals surface area contributed by atoms with Crippen LogP contribution in [0.2, 0.25) is 0 Å². The molecule has 104 valence electrons. The first-order valence-electron chi connectivity index (χ1n) is 6.19. The standard InChI is InChI=1S/C15H11N3OS2/c19-14(5-4-11-6-8-20-9-11)18-15-17-13(10-21-15)12-3-1-2-7-16-12/h1-10H,(H,17,18,19)/b5-4+. The summed E-state index contributed by atoms with van der Waals surface area (Å²) in [5, 5.41) is 9.14. The van der Waals surface area contributed by atoms with Crippen molar-refractivity contribution in [1.82, 2.24) is 9.97 Å². The van der Waals surface area contributed by atoms with Crippen LogP contribution in [-0.2, 0) is 4.79 Å². The van der Waals surface area contributed by atoms with Crippen molar-refractivity contribution in [2.75, 3.05) is 5.32 Å². The fourth-order valence-electron chi connectivity index (χ4n) is 1.65. The Morgan fingerprint density at radius 3 is 2.90 bits per heavy atom. The zero-order valence-electron chi connectivity index (χ0n) is 10.9. The molecule has 0 spiro atoms. The van der Waals surface area contributed by atoms with E-state index in [1.54, 1.807) is 23.6 Å². The molecule has 0 aromatic carbocycles. The fraction of sp³-hybridized carbons (Fsp3) is 0. The molecular weight excluding hydrogens is 302 g/mol. The molecule has 1 N–H and O–H groups in total. The monoisotopic (exact) mass is 313 g/mol. The highest BCUT2D eigenvalue weighted by atomic mass is 32.1. The van der Waals surface area contributed by atoms with Crippen molar-refractivity contribution < 1.29 is 4.79 Å². The lowest BCUT2D eigenvalue weighted by atomic mass is 10.3. The Kier molecular flexibility index (Phi) is 4.18. The minimum Gasteiger partial charge on any atom is -0.298 e. The average Bonchev–Trinajstić information content (AvgIpc) is 3.17. The molecule has 3 heterocycles. The van der Waals surface area contributed by atoms with E-state index >= 15 is 0 Å². The van der Waals surface area contributed by atoms with E-state index in [1.165, 1.54) is 17.4 Å². The van der Waals surface area contributed by atoms with Crippen LogP contribution < -0.4 is 5.32 Å². The van der Waals surface area contributed by atoms with Gasteiger partial charge >= 0.3 is 0 Å². The Morgan fingerprint density at radius 2 is 2.14 bits per heavy atom. The van der Waals surface area contributed by atoms with Crippen LogP contribution in [0.25, 0.3) is 17.5 Å². The number of carbonyl (C=O) groups is 1. The smallest absolute Gasteiger partial charge is 0.250 e.